The zero-order valence-corrected chi connectivity index (χ0v) is 15.4. The van der Waals surface area contributed by atoms with Gasteiger partial charge in [0.2, 0.25) is 5.91 Å². The number of likely N-dealkylation sites (tertiary alicyclic amines) is 1. The maximum atomic E-state index is 13.3. The van der Waals surface area contributed by atoms with Crippen LogP contribution in [0.4, 0.5) is 0 Å². The second kappa shape index (κ2) is 8.35. The van der Waals surface area contributed by atoms with Gasteiger partial charge in [-0.2, -0.15) is 5.26 Å². The lowest BCUT2D eigenvalue weighted by atomic mass is 9.87. The lowest BCUT2D eigenvalue weighted by molar-refractivity contribution is -0.147. The molecule has 5 heteroatoms. The highest BCUT2D eigenvalue weighted by atomic mass is 16.2. The van der Waals surface area contributed by atoms with Crippen LogP contribution in [-0.2, 0) is 9.59 Å². The zero-order chi connectivity index (χ0) is 18.5. The molecule has 0 N–H and O–H groups in total. The first kappa shape index (κ1) is 18.4. The van der Waals surface area contributed by atoms with E-state index >= 15 is 0 Å². The maximum Gasteiger partial charge on any atom is 0.251 e. The smallest absolute Gasteiger partial charge is 0.251 e. The Bertz CT molecular complexity index is 676. The molecule has 1 aliphatic heterocycles. The third-order valence-corrected chi connectivity index (χ3v) is 5.72. The Balaban J connectivity index is 1.87. The van der Waals surface area contributed by atoms with Crippen molar-refractivity contribution < 1.29 is 9.59 Å². The van der Waals surface area contributed by atoms with Crippen LogP contribution in [0.25, 0.3) is 0 Å². The average Bonchev–Trinajstić information content (AvgIpc) is 3.18. The van der Waals surface area contributed by atoms with Gasteiger partial charge in [0, 0.05) is 19.5 Å². The second-order valence-electron chi connectivity index (χ2n) is 7.42. The Kier molecular flexibility index (Phi) is 5.92. The summed E-state index contributed by atoms with van der Waals surface area (Å²) < 4.78 is 0. The van der Waals surface area contributed by atoms with Gasteiger partial charge in [0.1, 0.15) is 12.1 Å². The summed E-state index contributed by atoms with van der Waals surface area (Å²) in [6.07, 6.45) is 6.71. The fraction of sp³-hybridized carbons (Fsp3) is 0.571. The Labute approximate surface area is 155 Å². The Morgan fingerprint density at radius 1 is 1.12 bits per heavy atom. The van der Waals surface area contributed by atoms with E-state index in [1.807, 2.05) is 30.3 Å². The third-order valence-electron chi connectivity index (χ3n) is 5.72. The van der Waals surface area contributed by atoms with E-state index in [-0.39, 0.29) is 23.8 Å². The molecule has 2 aliphatic rings. The number of hydrogen-bond acceptors (Lipinski definition) is 3. The summed E-state index contributed by atoms with van der Waals surface area (Å²) in [5, 5.41) is 9.36. The quantitative estimate of drug-likeness (QED) is 0.834. The van der Waals surface area contributed by atoms with Crippen LogP contribution < -0.4 is 0 Å². The van der Waals surface area contributed by atoms with E-state index in [9.17, 15) is 14.9 Å². The van der Waals surface area contributed by atoms with Crippen molar-refractivity contribution in [2.45, 2.75) is 57.0 Å². The number of hydrogen-bond donors (Lipinski definition) is 0. The molecule has 1 aromatic carbocycles. The van der Waals surface area contributed by atoms with Crippen molar-refractivity contribution >= 4 is 11.8 Å². The fourth-order valence-corrected chi connectivity index (χ4v) is 4.25. The summed E-state index contributed by atoms with van der Waals surface area (Å²) in [7, 11) is 1.74. The summed E-state index contributed by atoms with van der Waals surface area (Å²) in [6, 6.07) is 10.7. The highest BCUT2D eigenvalue weighted by Gasteiger charge is 2.38. The predicted octanol–water partition coefficient (Wildman–Crippen LogP) is 3.28. The summed E-state index contributed by atoms with van der Waals surface area (Å²) in [4.78, 5) is 29.7. The molecule has 26 heavy (non-hydrogen) atoms. The first-order valence-electron chi connectivity index (χ1n) is 9.65. The van der Waals surface area contributed by atoms with Crippen LogP contribution in [0, 0.1) is 17.2 Å². The average molecular weight is 353 g/mol. The molecule has 0 spiro atoms. The molecule has 1 saturated heterocycles. The van der Waals surface area contributed by atoms with Crippen molar-refractivity contribution in [3.63, 3.8) is 0 Å². The Morgan fingerprint density at radius 3 is 2.46 bits per heavy atom. The number of benzene rings is 1. The van der Waals surface area contributed by atoms with E-state index in [1.165, 1.54) is 6.42 Å². The highest BCUT2D eigenvalue weighted by Crippen LogP contribution is 2.31. The van der Waals surface area contributed by atoms with Crippen LogP contribution >= 0.6 is 0 Å². The number of carbonyl (C=O) groups is 2. The zero-order valence-electron chi connectivity index (χ0n) is 15.4. The van der Waals surface area contributed by atoms with E-state index in [4.69, 9.17) is 0 Å². The molecule has 1 heterocycles. The van der Waals surface area contributed by atoms with Crippen molar-refractivity contribution in [2.24, 2.45) is 5.92 Å². The molecule has 1 unspecified atom stereocenters. The van der Waals surface area contributed by atoms with Gasteiger partial charge in [0.05, 0.1) is 6.07 Å². The molecule has 1 aliphatic carbocycles. The molecule has 0 radical (unpaired) electrons. The third kappa shape index (κ3) is 3.75. The molecule has 0 aromatic heterocycles. The number of carbonyl (C=O) groups excluding carboxylic acids is 2. The minimum atomic E-state index is -0.653. The molecule has 138 valence electrons. The van der Waals surface area contributed by atoms with E-state index in [1.54, 1.807) is 16.8 Å². The fourth-order valence-electron chi connectivity index (χ4n) is 4.25. The largest absolute Gasteiger partial charge is 0.329 e. The first-order valence-corrected chi connectivity index (χ1v) is 9.65. The molecular weight excluding hydrogens is 326 g/mol. The molecule has 1 aromatic rings. The molecule has 2 fully saturated rings. The van der Waals surface area contributed by atoms with Crippen molar-refractivity contribution in [1.82, 2.24) is 9.80 Å². The topological polar surface area (TPSA) is 64.4 Å². The van der Waals surface area contributed by atoms with Gasteiger partial charge in [-0.05, 0) is 31.2 Å². The first-order chi connectivity index (χ1) is 12.6. The van der Waals surface area contributed by atoms with Crippen LogP contribution in [-0.4, -0.2) is 41.2 Å². The normalized spacial score (nSPS) is 21.8. The molecule has 1 saturated carbocycles. The van der Waals surface area contributed by atoms with Crippen molar-refractivity contribution in [1.29, 1.82) is 5.26 Å². The number of likely N-dealkylation sites (N-methyl/N-ethyl adjacent to an activating group) is 1. The van der Waals surface area contributed by atoms with Crippen molar-refractivity contribution in [3.8, 4) is 6.07 Å². The predicted molar refractivity (Wildman–Crippen MR) is 98.9 cm³/mol. The van der Waals surface area contributed by atoms with Crippen LogP contribution in [0.5, 0.6) is 0 Å². The summed E-state index contributed by atoms with van der Waals surface area (Å²) >= 11 is 0. The number of nitrogens with zero attached hydrogens (tertiary/aromatic N) is 3. The van der Waals surface area contributed by atoms with Gasteiger partial charge in [-0.25, -0.2) is 0 Å². The van der Waals surface area contributed by atoms with Gasteiger partial charge in [0.15, 0.2) is 0 Å². The lowest BCUT2D eigenvalue weighted by Crippen LogP contribution is -2.47. The Hall–Kier alpha value is -2.35. The number of nitriles is 1. The van der Waals surface area contributed by atoms with Crippen LogP contribution in [0.3, 0.4) is 0 Å². The van der Waals surface area contributed by atoms with Gasteiger partial charge < -0.3 is 9.80 Å². The highest BCUT2D eigenvalue weighted by molar-refractivity contribution is 5.90. The van der Waals surface area contributed by atoms with E-state index in [0.717, 1.165) is 37.7 Å². The van der Waals surface area contributed by atoms with Crippen LogP contribution in [0.2, 0.25) is 0 Å². The summed E-state index contributed by atoms with van der Waals surface area (Å²) in [6.45, 7) is 0.589. The standard InChI is InChI=1S/C21H27N3O2/c1-23(20(25)17-11-6-3-7-12-17)19(16-9-4-2-5-10-16)21(26)24-14-8-13-18(24)15-22/h2,4-5,9-10,17-19H,3,6-8,11-14H2,1H3/t18-,19?/m0/s1. The van der Waals surface area contributed by atoms with E-state index < -0.39 is 6.04 Å². The monoisotopic (exact) mass is 353 g/mol. The lowest BCUT2D eigenvalue weighted by Gasteiger charge is -2.35. The van der Waals surface area contributed by atoms with Crippen LogP contribution in [0.15, 0.2) is 30.3 Å². The minimum Gasteiger partial charge on any atom is -0.329 e. The van der Waals surface area contributed by atoms with Gasteiger partial charge in [0.25, 0.3) is 5.91 Å². The van der Waals surface area contributed by atoms with Gasteiger partial charge in [-0.1, -0.05) is 49.6 Å². The van der Waals surface area contributed by atoms with E-state index in [2.05, 4.69) is 6.07 Å². The molecule has 5 nitrogen and oxygen atoms in total. The van der Waals surface area contributed by atoms with Crippen molar-refractivity contribution in [3.05, 3.63) is 35.9 Å². The molecule has 3 rings (SSSR count). The van der Waals surface area contributed by atoms with Crippen molar-refractivity contribution in [2.75, 3.05) is 13.6 Å². The molecule has 2 atom stereocenters. The molecule has 2 amide bonds. The number of amides is 2. The SMILES string of the molecule is CN(C(=O)C1CCCCC1)C(C(=O)N1CCC[C@H]1C#N)c1ccccc1. The van der Waals surface area contributed by atoms with E-state index in [0.29, 0.717) is 13.0 Å². The molecular formula is C21H27N3O2. The van der Waals surface area contributed by atoms with Gasteiger partial charge in [-0.15, -0.1) is 0 Å². The summed E-state index contributed by atoms with van der Waals surface area (Å²) in [5.41, 5.74) is 0.813. The van der Waals surface area contributed by atoms with Crippen LogP contribution in [0.1, 0.15) is 56.6 Å². The summed E-state index contributed by atoms with van der Waals surface area (Å²) in [5.74, 6) is -0.0652. The van der Waals surface area contributed by atoms with Gasteiger partial charge in [-0.3, -0.25) is 9.59 Å². The minimum absolute atomic E-state index is 0.0121. The molecule has 0 bridgehead atoms. The Morgan fingerprint density at radius 2 is 1.81 bits per heavy atom. The maximum absolute atomic E-state index is 13.3. The second-order valence-corrected chi connectivity index (χ2v) is 7.42. The number of rotatable bonds is 4. The van der Waals surface area contributed by atoms with Gasteiger partial charge >= 0.3 is 0 Å².